The van der Waals surface area contributed by atoms with Crippen LogP contribution in [0.15, 0.2) is 18.6 Å². The Bertz CT molecular complexity index is 497. The van der Waals surface area contributed by atoms with Gasteiger partial charge in [-0.2, -0.15) is 5.10 Å². The van der Waals surface area contributed by atoms with Crippen molar-refractivity contribution >= 4 is 0 Å². The summed E-state index contributed by atoms with van der Waals surface area (Å²) >= 11 is 0. The molecular formula is C12H19N5. The highest BCUT2D eigenvalue weighted by Gasteiger charge is 2.15. The molecule has 5 heteroatoms. The molecule has 0 saturated heterocycles. The van der Waals surface area contributed by atoms with Crippen LogP contribution in [0, 0.1) is 6.92 Å². The molecule has 0 amide bonds. The molecule has 0 aromatic carbocycles. The van der Waals surface area contributed by atoms with Crippen molar-refractivity contribution in [1.29, 1.82) is 0 Å². The average molecular weight is 233 g/mol. The summed E-state index contributed by atoms with van der Waals surface area (Å²) in [6.45, 7) is 5.02. The van der Waals surface area contributed by atoms with Crippen LogP contribution >= 0.6 is 0 Å². The normalized spacial score (nSPS) is 12.9. The summed E-state index contributed by atoms with van der Waals surface area (Å²) in [4.78, 5) is 4.34. The second-order valence-corrected chi connectivity index (χ2v) is 4.28. The van der Waals surface area contributed by atoms with Gasteiger partial charge in [-0.15, -0.1) is 0 Å². The Balaban J connectivity index is 2.17. The van der Waals surface area contributed by atoms with Crippen LogP contribution in [-0.4, -0.2) is 19.3 Å². The minimum Gasteiger partial charge on any atom is -0.335 e. The number of aryl methyl sites for hydroxylation is 3. The molecule has 92 valence electrons. The lowest BCUT2D eigenvalue weighted by molar-refractivity contribution is 0.626. The molecule has 5 nitrogen and oxygen atoms in total. The Morgan fingerprint density at radius 2 is 2.24 bits per heavy atom. The molecule has 2 N–H and O–H groups in total. The molecule has 2 aromatic heterocycles. The second kappa shape index (κ2) is 4.71. The maximum Gasteiger partial charge on any atom is 0.110 e. The van der Waals surface area contributed by atoms with Gasteiger partial charge in [0.15, 0.2) is 0 Å². The van der Waals surface area contributed by atoms with Crippen molar-refractivity contribution < 1.29 is 0 Å². The highest BCUT2D eigenvalue weighted by Crippen LogP contribution is 2.17. The van der Waals surface area contributed by atoms with Crippen LogP contribution in [0.2, 0.25) is 0 Å². The fourth-order valence-corrected chi connectivity index (χ4v) is 2.11. The molecule has 17 heavy (non-hydrogen) atoms. The van der Waals surface area contributed by atoms with E-state index in [0.717, 1.165) is 30.0 Å². The van der Waals surface area contributed by atoms with Crippen molar-refractivity contribution in [2.45, 2.75) is 32.9 Å². The molecular weight excluding hydrogens is 214 g/mol. The molecule has 0 spiro atoms. The molecule has 0 saturated carbocycles. The van der Waals surface area contributed by atoms with Gasteiger partial charge in [-0.1, -0.05) is 0 Å². The molecule has 2 heterocycles. The van der Waals surface area contributed by atoms with Crippen LogP contribution in [-0.2, 0) is 20.0 Å². The van der Waals surface area contributed by atoms with Gasteiger partial charge in [-0.25, -0.2) is 4.98 Å². The summed E-state index contributed by atoms with van der Waals surface area (Å²) in [7, 11) is 1.91. The lowest BCUT2D eigenvalue weighted by atomic mass is 10.1. The van der Waals surface area contributed by atoms with Crippen molar-refractivity contribution in [3.8, 4) is 0 Å². The quantitative estimate of drug-likeness (QED) is 0.862. The minimum absolute atomic E-state index is 0.0450. The molecule has 2 rings (SSSR count). The summed E-state index contributed by atoms with van der Waals surface area (Å²) < 4.78 is 3.92. The SMILES string of the molecule is CCn1ccnc1CC(N)c1cn(C)nc1C. The first-order valence-electron chi connectivity index (χ1n) is 5.87. The molecule has 0 aliphatic rings. The summed E-state index contributed by atoms with van der Waals surface area (Å²) in [6, 6.07) is -0.0450. The van der Waals surface area contributed by atoms with Crippen molar-refractivity contribution in [2.75, 3.05) is 0 Å². The number of rotatable bonds is 4. The van der Waals surface area contributed by atoms with Gasteiger partial charge in [0, 0.05) is 50.2 Å². The highest BCUT2D eigenvalue weighted by molar-refractivity contribution is 5.20. The van der Waals surface area contributed by atoms with E-state index in [2.05, 4.69) is 21.6 Å². The van der Waals surface area contributed by atoms with Gasteiger partial charge < -0.3 is 10.3 Å². The minimum atomic E-state index is -0.0450. The van der Waals surface area contributed by atoms with Crippen LogP contribution in [0.4, 0.5) is 0 Å². The molecule has 0 aliphatic carbocycles. The Labute approximate surface area is 101 Å². The van der Waals surface area contributed by atoms with E-state index < -0.39 is 0 Å². The second-order valence-electron chi connectivity index (χ2n) is 4.28. The first-order valence-corrected chi connectivity index (χ1v) is 5.87. The third-order valence-electron chi connectivity index (χ3n) is 3.00. The number of hydrogen-bond acceptors (Lipinski definition) is 3. The van der Waals surface area contributed by atoms with E-state index >= 15 is 0 Å². The summed E-state index contributed by atoms with van der Waals surface area (Å²) in [6.07, 6.45) is 6.53. The van der Waals surface area contributed by atoms with Crippen molar-refractivity contribution in [1.82, 2.24) is 19.3 Å². The Morgan fingerprint density at radius 1 is 1.47 bits per heavy atom. The van der Waals surface area contributed by atoms with E-state index in [0.29, 0.717) is 0 Å². The van der Waals surface area contributed by atoms with Gasteiger partial charge in [0.25, 0.3) is 0 Å². The van der Waals surface area contributed by atoms with Gasteiger partial charge in [0.2, 0.25) is 0 Å². The molecule has 0 bridgehead atoms. The van der Waals surface area contributed by atoms with Crippen LogP contribution in [0.5, 0.6) is 0 Å². The monoisotopic (exact) mass is 233 g/mol. The van der Waals surface area contributed by atoms with Gasteiger partial charge in [-0.3, -0.25) is 4.68 Å². The van der Waals surface area contributed by atoms with Crippen molar-refractivity contribution in [2.24, 2.45) is 12.8 Å². The van der Waals surface area contributed by atoms with E-state index in [-0.39, 0.29) is 6.04 Å². The van der Waals surface area contributed by atoms with Crippen molar-refractivity contribution in [3.05, 3.63) is 35.7 Å². The average Bonchev–Trinajstić information content (AvgIpc) is 2.84. The summed E-state index contributed by atoms with van der Waals surface area (Å²) in [5.41, 5.74) is 8.31. The molecule has 1 atom stereocenters. The largest absolute Gasteiger partial charge is 0.335 e. The zero-order chi connectivity index (χ0) is 12.4. The number of hydrogen-bond donors (Lipinski definition) is 1. The highest BCUT2D eigenvalue weighted by atomic mass is 15.3. The van der Waals surface area contributed by atoms with E-state index in [1.807, 2.05) is 32.6 Å². The van der Waals surface area contributed by atoms with Crippen LogP contribution in [0.1, 0.15) is 30.0 Å². The fraction of sp³-hybridized carbons (Fsp3) is 0.500. The predicted molar refractivity (Wildman–Crippen MR) is 66.5 cm³/mol. The molecule has 0 fully saturated rings. The third kappa shape index (κ3) is 2.39. The summed E-state index contributed by atoms with van der Waals surface area (Å²) in [5.74, 6) is 1.03. The van der Waals surface area contributed by atoms with E-state index in [1.54, 1.807) is 4.68 Å². The lowest BCUT2D eigenvalue weighted by Crippen LogP contribution is -2.16. The van der Waals surface area contributed by atoms with Gasteiger partial charge in [-0.05, 0) is 13.8 Å². The Morgan fingerprint density at radius 3 is 2.82 bits per heavy atom. The maximum atomic E-state index is 6.22. The zero-order valence-electron chi connectivity index (χ0n) is 10.6. The van der Waals surface area contributed by atoms with Crippen LogP contribution in [0.25, 0.3) is 0 Å². The number of nitrogens with zero attached hydrogens (tertiary/aromatic N) is 4. The van der Waals surface area contributed by atoms with Gasteiger partial charge in [0.05, 0.1) is 5.69 Å². The molecule has 0 radical (unpaired) electrons. The van der Waals surface area contributed by atoms with E-state index in [9.17, 15) is 0 Å². The molecule has 1 unspecified atom stereocenters. The Hall–Kier alpha value is -1.62. The predicted octanol–water partition coefficient (Wildman–Crippen LogP) is 1.19. The molecule has 2 aromatic rings. The van der Waals surface area contributed by atoms with E-state index in [4.69, 9.17) is 5.73 Å². The number of imidazole rings is 1. The lowest BCUT2D eigenvalue weighted by Gasteiger charge is -2.11. The zero-order valence-corrected chi connectivity index (χ0v) is 10.6. The van der Waals surface area contributed by atoms with Crippen LogP contribution in [0.3, 0.4) is 0 Å². The fourth-order valence-electron chi connectivity index (χ4n) is 2.11. The number of aromatic nitrogens is 4. The number of nitrogens with two attached hydrogens (primary N) is 1. The van der Waals surface area contributed by atoms with E-state index in [1.165, 1.54) is 0 Å². The third-order valence-corrected chi connectivity index (χ3v) is 3.00. The first-order chi connectivity index (χ1) is 8.11. The standard InChI is InChI=1S/C12H19N5/c1-4-17-6-5-14-12(17)7-11(13)10-8-16(3)15-9(10)2/h5-6,8,11H,4,7,13H2,1-3H3. The van der Waals surface area contributed by atoms with Crippen molar-refractivity contribution in [3.63, 3.8) is 0 Å². The molecule has 0 aliphatic heterocycles. The maximum absolute atomic E-state index is 6.22. The van der Waals surface area contributed by atoms with Gasteiger partial charge >= 0.3 is 0 Å². The summed E-state index contributed by atoms with van der Waals surface area (Å²) in [5, 5.41) is 4.31. The van der Waals surface area contributed by atoms with Crippen LogP contribution < -0.4 is 5.73 Å². The van der Waals surface area contributed by atoms with Gasteiger partial charge in [0.1, 0.15) is 5.82 Å². The Kier molecular flexibility index (Phi) is 3.28. The smallest absolute Gasteiger partial charge is 0.110 e. The first kappa shape index (κ1) is 11.9. The topological polar surface area (TPSA) is 61.7 Å².